The minimum Gasteiger partial charge on any atom is -0.455 e. The van der Waals surface area contributed by atoms with Crippen molar-refractivity contribution in [1.82, 2.24) is 0 Å². The van der Waals surface area contributed by atoms with Gasteiger partial charge in [-0.3, -0.25) is 0 Å². The third kappa shape index (κ3) is 3.09. The molecule has 26 heavy (non-hydrogen) atoms. The standard InChI is InChI=1S/C25H22O/c1-17-9-12-20(13-10-17)23-16-24(21-7-5-4-6-8-21)26-25(23)22-14-11-18(2)15-19(22)3/h4-16H,1-3H3. The zero-order valence-corrected chi connectivity index (χ0v) is 15.4. The van der Waals surface area contributed by atoms with Crippen LogP contribution in [0.4, 0.5) is 0 Å². The van der Waals surface area contributed by atoms with Crippen LogP contribution in [0.15, 0.2) is 83.3 Å². The zero-order valence-electron chi connectivity index (χ0n) is 15.4. The van der Waals surface area contributed by atoms with Gasteiger partial charge in [0, 0.05) is 16.7 Å². The minimum atomic E-state index is 0.899. The van der Waals surface area contributed by atoms with Crippen molar-refractivity contribution in [2.75, 3.05) is 0 Å². The molecule has 0 unspecified atom stereocenters. The van der Waals surface area contributed by atoms with Crippen LogP contribution in [0, 0.1) is 20.8 Å². The van der Waals surface area contributed by atoms with Gasteiger partial charge in [0.15, 0.2) is 0 Å². The Morgan fingerprint density at radius 2 is 1.27 bits per heavy atom. The maximum Gasteiger partial charge on any atom is 0.142 e. The van der Waals surface area contributed by atoms with Crippen molar-refractivity contribution < 1.29 is 4.42 Å². The largest absolute Gasteiger partial charge is 0.455 e. The smallest absolute Gasteiger partial charge is 0.142 e. The summed E-state index contributed by atoms with van der Waals surface area (Å²) in [7, 11) is 0. The Labute approximate surface area is 154 Å². The predicted molar refractivity (Wildman–Crippen MR) is 109 cm³/mol. The summed E-state index contributed by atoms with van der Waals surface area (Å²) in [5.74, 6) is 1.83. The SMILES string of the molecule is Cc1ccc(-c2cc(-c3ccccc3)oc2-c2ccc(C)cc2C)cc1. The average molecular weight is 338 g/mol. The third-order valence-corrected chi connectivity index (χ3v) is 4.78. The van der Waals surface area contributed by atoms with Crippen molar-refractivity contribution >= 4 is 0 Å². The first-order chi connectivity index (χ1) is 12.6. The molecule has 4 aromatic rings. The molecule has 1 heteroatoms. The summed E-state index contributed by atoms with van der Waals surface area (Å²) in [4.78, 5) is 0. The lowest BCUT2D eigenvalue weighted by molar-refractivity contribution is 0.597. The highest BCUT2D eigenvalue weighted by Crippen LogP contribution is 2.40. The van der Waals surface area contributed by atoms with Gasteiger partial charge in [0.25, 0.3) is 0 Å². The highest BCUT2D eigenvalue weighted by Gasteiger charge is 2.17. The first-order valence-corrected chi connectivity index (χ1v) is 8.96. The Kier molecular flexibility index (Phi) is 4.22. The van der Waals surface area contributed by atoms with E-state index < -0.39 is 0 Å². The molecule has 0 bridgehead atoms. The van der Waals surface area contributed by atoms with E-state index in [0.29, 0.717) is 0 Å². The number of benzene rings is 3. The second-order valence-electron chi connectivity index (χ2n) is 6.90. The van der Waals surface area contributed by atoms with Gasteiger partial charge in [0.05, 0.1) is 0 Å². The van der Waals surface area contributed by atoms with Crippen molar-refractivity contribution in [2.24, 2.45) is 0 Å². The molecule has 0 aliphatic heterocycles. The summed E-state index contributed by atoms with van der Waals surface area (Å²) < 4.78 is 6.39. The zero-order chi connectivity index (χ0) is 18.1. The quantitative estimate of drug-likeness (QED) is 0.385. The fourth-order valence-corrected chi connectivity index (χ4v) is 3.35. The van der Waals surface area contributed by atoms with Crippen molar-refractivity contribution in [3.8, 4) is 33.8 Å². The lowest BCUT2D eigenvalue weighted by Gasteiger charge is -2.08. The van der Waals surface area contributed by atoms with E-state index >= 15 is 0 Å². The molecule has 0 fully saturated rings. The summed E-state index contributed by atoms with van der Waals surface area (Å²) in [5.41, 5.74) is 8.30. The van der Waals surface area contributed by atoms with E-state index in [1.54, 1.807) is 0 Å². The molecular formula is C25H22O. The molecule has 1 nitrogen and oxygen atoms in total. The molecular weight excluding hydrogens is 316 g/mol. The van der Waals surface area contributed by atoms with Gasteiger partial charge >= 0.3 is 0 Å². The Morgan fingerprint density at radius 3 is 1.96 bits per heavy atom. The molecule has 0 saturated heterocycles. The second kappa shape index (κ2) is 6.68. The molecule has 0 atom stereocenters. The normalized spacial score (nSPS) is 10.9. The summed E-state index contributed by atoms with van der Waals surface area (Å²) in [6.45, 7) is 6.38. The van der Waals surface area contributed by atoms with E-state index in [1.165, 1.54) is 22.3 Å². The lowest BCUT2D eigenvalue weighted by atomic mass is 9.97. The van der Waals surface area contributed by atoms with Crippen LogP contribution < -0.4 is 0 Å². The summed E-state index contributed by atoms with van der Waals surface area (Å²) in [6.07, 6.45) is 0. The van der Waals surface area contributed by atoms with Crippen molar-refractivity contribution in [3.63, 3.8) is 0 Å². The molecule has 0 amide bonds. The van der Waals surface area contributed by atoms with E-state index in [1.807, 2.05) is 18.2 Å². The Balaban J connectivity index is 1.93. The van der Waals surface area contributed by atoms with Crippen molar-refractivity contribution in [1.29, 1.82) is 0 Å². The van der Waals surface area contributed by atoms with Crippen LogP contribution >= 0.6 is 0 Å². The molecule has 0 radical (unpaired) electrons. The van der Waals surface area contributed by atoms with E-state index in [9.17, 15) is 0 Å². The molecule has 0 N–H and O–H groups in total. The fourth-order valence-electron chi connectivity index (χ4n) is 3.35. The summed E-state index contributed by atoms with van der Waals surface area (Å²) in [5, 5.41) is 0. The first-order valence-electron chi connectivity index (χ1n) is 8.96. The highest BCUT2D eigenvalue weighted by molar-refractivity contribution is 5.84. The van der Waals surface area contributed by atoms with E-state index in [-0.39, 0.29) is 0 Å². The van der Waals surface area contributed by atoms with Gasteiger partial charge in [-0.05, 0) is 38.0 Å². The maximum absolute atomic E-state index is 6.39. The van der Waals surface area contributed by atoms with E-state index in [0.717, 1.165) is 28.2 Å². The molecule has 1 aromatic heterocycles. The van der Waals surface area contributed by atoms with Gasteiger partial charge in [-0.25, -0.2) is 0 Å². The van der Waals surface area contributed by atoms with Gasteiger partial charge in [-0.2, -0.15) is 0 Å². The molecule has 4 rings (SSSR count). The van der Waals surface area contributed by atoms with Gasteiger partial charge in [0.2, 0.25) is 0 Å². The lowest BCUT2D eigenvalue weighted by Crippen LogP contribution is -1.86. The Bertz CT molecular complexity index is 1040. The highest BCUT2D eigenvalue weighted by atomic mass is 16.3. The third-order valence-electron chi connectivity index (χ3n) is 4.78. The summed E-state index contributed by atoms with van der Waals surface area (Å²) >= 11 is 0. The fraction of sp³-hybridized carbons (Fsp3) is 0.120. The van der Waals surface area contributed by atoms with Crippen LogP contribution in [0.25, 0.3) is 33.8 Å². The minimum absolute atomic E-state index is 0.899. The monoisotopic (exact) mass is 338 g/mol. The number of furan rings is 1. The van der Waals surface area contributed by atoms with Gasteiger partial charge < -0.3 is 4.42 Å². The molecule has 0 aliphatic rings. The summed E-state index contributed by atoms with van der Waals surface area (Å²) in [6, 6.07) is 27.6. The molecule has 3 aromatic carbocycles. The Hall–Kier alpha value is -3.06. The average Bonchev–Trinajstić information content (AvgIpc) is 3.08. The second-order valence-corrected chi connectivity index (χ2v) is 6.90. The Morgan fingerprint density at radius 1 is 0.577 bits per heavy atom. The number of rotatable bonds is 3. The first kappa shape index (κ1) is 16.4. The number of aryl methyl sites for hydroxylation is 3. The van der Waals surface area contributed by atoms with Crippen LogP contribution in [-0.2, 0) is 0 Å². The molecule has 0 saturated carbocycles. The van der Waals surface area contributed by atoms with Crippen molar-refractivity contribution in [2.45, 2.75) is 20.8 Å². The topological polar surface area (TPSA) is 13.1 Å². The van der Waals surface area contributed by atoms with Crippen LogP contribution in [0.2, 0.25) is 0 Å². The van der Waals surface area contributed by atoms with Gasteiger partial charge in [-0.1, -0.05) is 83.9 Å². The van der Waals surface area contributed by atoms with Crippen LogP contribution in [0.5, 0.6) is 0 Å². The van der Waals surface area contributed by atoms with Gasteiger partial charge in [-0.15, -0.1) is 0 Å². The van der Waals surface area contributed by atoms with Gasteiger partial charge in [0.1, 0.15) is 11.5 Å². The number of hydrogen-bond donors (Lipinski definition) is 0. The van der Waals surface area contributed by atoms with Crippen LogP contribution in [0.1, 0.15) is 16.7 Å². The molecule has 128 valence electrons. The van der Waals surface area contributed by atoms with Crippen LogP contribution in [0.3, 0.4) is 0 Å². The van der Waals surface area contributed by atoms with Crippen LogP contribution in [-0.4, -0.2) is 0 Å². The molecule has 0 aliphatic carbocycles. The van der Waals surface area contributed by atoms with Crippen molar-refractivity contribution in [3.05, 3.63) is 95.6 Å². The van der Waals surface area contributed by atoms with E-state index in [4.69, 9.17) is 4.42 Å². The molecule has 1 heterocycles. The van der Waals surface area contributed by atoms with E-state index in [2.05, 4.69) is 81.4 Å². The number of hydrogen-bond acceptors (Lipinski definition) is 1. The maximum atomic E-state index is 6.39. The predicted octanol–water partition coefficient (Wildman–Crippen LogP) is 7.21. The molecule has 0 spiro atoms.